The Bertz CT molecular complexity index is 716. The molecule has 0 bridgehead atoms. The summed E-state index contributed by atoms with van der Waals surface area (Å²) in [5.74, 6) is -0.0167. The number of nitrogens with two attached hydrogens (primary N) is 1. The molecule has 1 atom stereocenters. The molecular weight excluding hydrogens is 368 g/mol. The van der Waals surface area contributed by atoms with Gasteiger partial charge in [0.1, 0.15) is 4.90 Å². The van der Waals surface area contributed by atoms with Crippen molar-refractivity contribution in [2.24, 2.45) is 5.92 Å². The van der Waals surface area contributed by atoms with Crippen LogP contribution in [0.25, 0.3) is 0 Å². The summed E-state index contributed by atoms with van der Waals surface area (Å²) in [6.07, 6.45) is 0.487. The molecule has 0 aromatic heterocycles. The third kappa shape index (κ3) is 3.72. The first kappa shape index (κ1) is 15.7. The summed E-state index contributed by atoms with van der Waals surface area (Å²) in [5.41, 5.74) is 5.83. The minimum Gasteiger partial charge on any atom is -0.398 e. The van der Waals surface area contributed by atoms with Gasteiger partial charge in [0.2, 0.25) is 10.0 Å². The zero-order valence-corrected chi connectivity index (χ0v) is 13.8. The SMILES string of the molecule is Nc1cc(Br)ccc1S(=O)(=O)NCC1CCS(=O)(=O)C1. The van der Waals surface area contributed by atoms with Crippen molar-refractivity contribution in [3.05, 3.63) is 22.7 Å². The molecule has 3 N–H and O–H groups in total. The van der Waals surface area contributed by atoms with Gasteiger partial charge >= 0.3 is 0 Å². The Hall–Kier alpha value is -0.640. The molecular formula is C11H15BrN2O4S2. The highest BCUT2D eigenvalue weighted by atomic mass is 79.9. The van der Waals surface area contributed by atoms with Gasteiger partial charge in [-0.25, -0.2) is 21.6 Å². The molecule has 1 unspecified atom stereocenters. The van der Waals surface area contributed by atoms with Gasteiger partial charge < -0.3 is 5.73 Å². The van der Waals surface area contributed by atoms with Gasteiger partial charge in [-0.3, -0.25) is 0 Å². The highest BCUT2D eigenvalue weighted by molar-refractivity contribution is 9.10. The van der Waals surface area contributed by atoms with Crippen LogP contribution in [0.5, 0.6) is 0 Å². The summed E-state index contributed by atoms with van der Waals surface area (Å²) in [4.78, 5) is 0.00144. The van der Waals surface area contributed by atoms with Crippen LogP contribution >= 0.6 is 15.9 Å². The van der Waals surface area contributed by atoms with Crippen molar-refractivity contribution in [1.82, 2.24) is 4.72 Å². The molecule has 6 nitrogen and oxygen atoms in total. The number of nitrogen functional groups attached to an aromatic ring is 1. The third-order valence-corrected chi connectivity index (χ3v) is 6.98. The Labute approximate surface area is 126 Å². The summed E-state index contributed by atoms with van der Waals surface area (Å²) < 4.78 is 50.0. The second kappa shape index (κ2) is 5.63. The topological polar surface area (TPSA) is 106 Å². The van der Waals surface area contributed by atoms with Crippen LogP contribution in [0.2, 0.25) is 0 Å². The maximum Gasteiger partial charge on any atom is 0.242 e. The van der Waals surface area contributed by atoms with Gasteiger partial charge in [0, 0.05) is 11.0 Å². The molecule has 0 aliphatic carbocycles. The van der Waals surface area contributed by atoms with Gasteiger partial charge in [-0.15, -0.1) is 0 Å². The average Bonchev–Trinajstić information content (AvgIpc) is 2.66. The second-order valence-electron chi connectivity index (χ2n) is 4.80. The number of sulfone groups is 1. The molecule has 1 aliphatic heterocycles. The van der Waals surface area contributed by atoms with Crippen LogP contribution in [0.4, 0.5) is 5.69 Å². The zero-order chi connectivity index (χ0) is 15.0. The largest absolute Gasteiger partial charge is 0.398 e. The molecule has 1 fully saturated rings. The van der Waals surface area contributed by atoms with Crippen molar-refractivity contribution in [3.8, 4) is 0 Å². The summed E-state index contributed by atoms with van der Waals surface area (Å²) in [6, 6.07) is 4.51. The lowest BCUT2D eigenvalue weighted by molar-refractivity contribution is 0.543. The van der Waals surface area contributed by atoms with E-state index in [4.69, 9.17) is 5.73 Å². The molecule has 0 saturated carbocycles. The van der Waals surface area contributed by atoms with E-state index >= 15 is 0 Å². The first-order valence-electron chi connectivity index (χ1n) is 5.95. The monoisotopic (exact) mass is 382 g/mol. The minimum absolute atomic E-state index is 0.00144. The molecule has 2 rings (SSSR count). The van der Waals surface area contributed by atoms with Crippen LogP contribution in [-0.4, -0.2) is 34.9 Å². The molecule has 0 spiro atoms. The molecule has 1 saturated heterocycles. The van der Waals surface area contributed by atoms with E-state index in [1.807, 2.05) is 0 Å². The molecule has 1 aromatic carbocycles. The highest BCUT2D eigenvalue weighted by Gasteiger charge is 2.29. The van der Waals surface area contributed by atoms with Gasteiger partial charge in [-0.1, -0.05) is 15.9 Å². The smallest absolute Gasteiger partial charge is 0.242 e. The lowest BCUT2D eigenvalue weighted by atomic mass is 10.1. The first-order valence-corrected chi connectivity index (χ1v) is 10.0. The van der Waals surface area contributed by atoms with Gasteiger partial charge in [0.05, 0.1) is 17.2 Å². The Morgan fingerprint density at radius 3 is 2.65 bits per heavy atom. The fourth-order valence-corrected chi connectivity index (χ4v) is 5.57. The van der Waals surface area contributed by atoms with Crippen LogP contribution in [0.1, 0.15) is 6.42 Å². The quantitative estimate of drug-likeness (QED) is 0.747. The number of anilines is 1. The molecule has 9 heteroatoms. The van der Waals surface area contributed by atoms with Gasteiger partial charge in [-0.05, 0) is 30.5 Å². The molecule has 0 radical (unpaired) electrons. The summed E-state index contributed by atoms with van der Waals surface area (Å²) in [7, 11) is -6.73. The minimum atomic E-state index is -3.72. The van der Waals surface area contributed by atoms with E-state index in [9.17, 15) is 16.8 Å². The molecule has 1 aromatic rings. The van der Waals surface area contributed by atoms with Crippen molar-refractivity contribution in [1.29, 1.82) is 0 Å². The second-order valence-corrected chi connectivity index (χ2v) is 9.68. The lowest BCUT2D eigenvalue weighted by Crippen LogP contribution is -2.30. The fourth-order valence-electron chi connectivity index (χ4n) is 2.10. The maximum atomic E-state index is 12.1. The Kier molecular flexibility index (Phi) is 4.43. The fraction of sp³-hybridized carbons (Fsp3) is 0.455. The third-order valence-electron chi connectivity index (χ3n) is 3.15. The van der Waals surface area contributed by atoms with Gasteiger partial charge in [-0.2, -0.15) is 0 Å². The zero-order valence-electron chi connectivity index (χ0n) is 10.5. The number of benzene rings is 1. The number of hydrogen-bond donors (Lipinski definition) is 2. The number of rotatable bonds is 4. The van der Waals surface area contributed by atoms with Crippen LogP contribution < -0.4 is 10.5 Å². The van der Waals surface area contributed by atoms with E-state index in [1.165, 1.54) is 12.1 Å². The van der Waals surface area contributed by atoms with E-state index in [2.05, 4.69) is 20.7 Å². The Morgan fingerprint density at radius 2 is 2.10 bits per heavy atom. The van der Waals surface area contributed by atoms with E-state index in [0.717, 1.165) is 0 Å². The number of nitrogens with one attached hydrogen (secondary N) is 1. The van der Waals surface area contributed by atoms with Gasteiger partial charge in [0.25, 0.3) is 0 Å². The van der Waals surface area contributed by atoms with Crippen molar-refractivity contribution in [2.45, 2.75) is 11.3 Å². The van der Waals surface area contributed by atoms with E-state index in [-0.39, 0.29) is 34.6 Å². The number of hydrogen-bond acceptors (Lipinski definition) is 5. The van der Waals surface area contributed by atoms with E-state index < -0.39 is 19.9 Å². The average molecular weight is 383 g/mol. The van der Waals surface area contributed by atoms with E-state index in [1.54, 1.807) is 6.07 Å². The van der Waals surface area contributed by atoms with Crippen molar-refractivity contribution in [2.75, 3.05) is 23.8 Å². The normalized spacial score (nSPS) is 21.9. The predicted octanol–water partition coefficient (Wildman–Crippen LogP) is 0.744. The van der Waals surface area contributed by atoms with Crippen LogP contribution in [0.15, 0.2) is 27.6 Å². The van der Waals surface area contributed by atoms with E-state index in [0.29, 0.717) is 10.9 Å². The molecule has 20 heavy (non-hydrogen) atoms. The number of sulfonamides is 1. The predicted molar refractivity (Wildman–Crippen MR) is 80.5 cm³/mol. The number of halogens is 1. The van der Waals surface area contributed by atoms with Crippen molar-refractivity contribution >= 4 is 41.5 Å². The Morgan fingerprint density at radius 1 is 1.40 bits per heavy atom. The van der Waals surface area contributed by atoms with Crippen LogP contribution in [-0.2, 0) is 19.9 Å². The summed E-state index contributed by atoms with van der Waals surface area (Å²) in [6.45, 7) is 0.108. The molecule has 112 valence electrons. The summed E-state index contributed by atoms with van der Waals surface area (Å²) >= 11 is 3.21. The molecule has 1 heterocycles. The van der Waals surface area contributed by atoms with Gasteiger partial charge in [0.15, 0.2) is 9.84 Å². The standard InChI is InChI=1S/C11H15BrN2O4S2/c12-9-1-2-11(10(13)5-9)20(17,18)14-6-8-3-4-19(15,16)7-8/h1-2,5,8,14H,3-4,6-7,13H2. The maximum absolute atomic E-state index is 12.1. The first-order chi connectivity index (χ1) is 9.20. The molecule has 1 aliphatic rings. The molecule has 0 amide bonds. The van der Waals surface area contributed by atoms with Crippen LogP contribution in [0.3, 0.4) is 0 Å². The van der Waals surface area contributed by atoms with Crippen LogP contribution in [0, 0.1) is 5.92 Å². The summed E-state index contributed by atoms with van der Waals surface area (Å²) in [5, 5.41) is 0. The lowest BCUT2D eigenvalue weighted by Gasteiger charge is -2.12. The Balaban J connectivity index is 2.08. The highest BCUT2D eigenvalue weighted by Crippen LogP contribution is 2.23. The van der Waals surface area contributed by atoms with Crippen molar-refractivity contribution < 1.29 is 16.8 Å². The van der Waals surface area contributed by atoms with Crippen molar-refractivity contribution in [3.63, 3.8) is 0 Å².